The number of amides is 1. The molecule has 0 aliphatic heterocycles. The minimum atomic E-state index is -0.778. The third-order valence-corrected chi connectivity index (χ3v) is 4.94. The summed E-state index contributed by atoms with van der Waals surface area (Å²) in [7, 11) is 0. The SMILES string of the molecule is Cc1ccc2c(c1)c(=O)n(-c1cccc([N+](=O)[O-])c1)c(=O)n2CC(=O)NCc1ccco1. The zero-order chi connectivity index (χ0) is 22.8. The number of aryl methyl sites for hydroxylation is 1. The second-order valence-electron chi connectivity index (χ2n) is 7.16. The summed E-state index contributed by atoms with van der Waals surface area (Å²) in [5.41, 5.74) is -0.544. The first-order chi connectivity index (χ1) is 15.3. The predicted molar refractivity (Wildman–Crippen MR) is 116 cm³/mol. The molecule has 0 spiro atoms. The molecule has 0 fully saturated rings. The maximum Gasteiger partial charge on any atom is 0.336 e. The molecule has 0 unspecified atom stereocenters. The number of benzene rings is 2. The van der Waals surface area contributed by atoms with E-state index in [1.54, 1.807) is 37.3 Å². The van der Waals surface area contributed by atoms with Gasteiger partial charge < -0.3 is 9.73 Å². The number of hydrogen-bond acceptors (Lipinski definition) is 6. The molecule has 162 valence electrons. The first-order valence-electron chi connectivity index (χ1n) is 9.65. The molecule has 1 N–H and O–H groups in total. The van der Waals surface area contributed by atoms with Gasteiger partial charge in [-0.2, -0.15) is 0 Å². The van der Waals surface area contributed by atoms with Gasteiger partial charge in [0, 0.05) is 12.1 Å². The number of fused-ring (bicyclic) bond motifs is 1. The Morgan fingerprint density at radius 1 is 1.12 bits per heavy atom. The van der Waals surface area contributed by atoms with E-state index in [0.29, 0.717) is 11.3 Å². The molecule has 0 saturated carbocycles. The summed E-state index contributed by atoms with van der Waals surface area (Å²) in [6.07, 6.45) is 1.48. The van der Waals surface area contributed by atoms with Gasteiger partial charge in [-0.05, 0) is 37.3 Å². The summed E-state index contributed by atoms with van der Waals surface area (Å²) < 4.78 is 7.20. The Bertz CT molecular complexity index is 1450. The number of nitro groups is 1. The fourth-order valence-corrected chi connectivity index (χ4v) is 3.41. The van der Waals surface area contributed by atoms with Crippen LogP contribution in [-0.4, -0.2) is 20.0 Å². The lowest BCUT2D eigenvalue weighted by atomic mass is 10.1. The van der Waals surface area contributed by atoms with E-state index in [1.807, 2.05) is 0 Å². The Labute approximate surface area is 180 Å². The molecule has 0 saturated heterocycles. The summed E-state index contributed by atoms with van der Waals surface area (Å²) in [5, 5.41) is 14.1. The number of nitrogens with one attached hydrogen (secondary N) is 1. The minimum absolute atomic E-state index is 0.0438. The topological polar surface area (TPSA) is 129 Å². The summed E-state index contributed by atoms with van der Waals surface area (Å²) in [6, 6.07) is 13.6. The van der Waals surface area contributed by atoms with Crippen LogP contribution in [0.25, 0.3) is 16.6 Å². The number of aromatic nitrogens is 2. The molecule has 10 nitrogen and oxygen atoms in total. The first-order valence-corrected chi connectivity index (χ1v) is 9.65. The van der Waals surface area contributed by atoms with Crippen LogP contribution in [0.4, 0.5) is 5.69 Å². The molecular formula is C22H18N4O6. The molecule has 10 heteroatoms. The largest absolute Gasteiger partial charge is 0.467 e. The number of nitro benzene ring substituents is 1. The summed E-state index contributed by atoms with van der Waals surface area (Å²) in [4.78, 5) is 49.6. The first kappa shape index (κ1) is 20.8. The van der Waals surface area contributed by atoms with Crippen molar-refractivity contribution in [3.8, 4) is 5.69 Å². The maximum absolute atomic E-state index is 13.3. The Balaban J connectivity index is 1.84. The van der Waals surface area contributed by atoms with Crippen molar-refractivity contribution < 1.29 is 14.1 Å². The maximum atomic E-state index is 13.3. The number of non-ortho nitro benzene ring substituents is 1. The van der Waals surface area contributed by atoms with Crippen LogP contribution < -0.4 is 16.6 Å². The molecule has 1 amide bonds. The zero-order valence-electron chi connectivity index (χ0n) is 17.0. The molecule has 2 aromatic carbocycles. The van der Waals surface area contributed by atoms with Crippen molar-refractivity contribution in [1.29, 1.82) is 0 Å². The van der Waals surface area contributed by atoms with Gasteiger partial charge in [0.25, 0.3) is 11.2 Å². The lowest BCUT2D eigenvalue weighted by molar-refractivity contribution is -0.384. The van der Waals surface area contributed by atoms with Crippen LogP contribution in [0.1, 0.15) is 11.3 Å². The summed E-state index contributed by atoms with van der Waals surface area (Å²) >= 11 is 0. The van der Waals surface area contributed by atoms with Gasteiger partial charge in [0.05, 0.1) is 34.3 Å². The molecule has 0 atom stereocenters. The fourth-order valence-electron chi connectivity index (χ4n) is 3.41. The van der Waals surface area contributed by atoms with Gasteiger partial charge in [-0.3, -0.25) is 24.3 Å². The van der Waals surface area contributed by atoms with Crippen molar-refractivity contribution in [2.24, 2.45) is 0 Å². The van der Waals surface area contributed by atoms with Gasteiger partial charge in [0.15, 0.2) is 0 Å². The van der Waals surface area contributed by atoms with Crippen molar-refractivity contribution in [2.45, 2.75) is 20.0 Å². The van der Waals surface area contributed by atoms with Crippen molar-refractivity contribution in [3.63, 3.8) is 0 Å². The minimum Gasteiger partial charge on any atom is -0.467 e. The standard InChI is InChI=1S/C22H18N4O6/c1-14-7-8-19-18(10-14)21(28)25(15-4-2-5-16(11-15)26(30)31)22(29)24(19)13-20(27)23-12-17-6-3-9-32-17/h2-11H,12-13H2,1H3,(H,23,27). The number of hydrogen-bond donors (Lipinski definition) is 1. The van der Waals surface area contributed by atoms with Gasteiger partial charge in [-0.15, -0.1) is 0 Å². The molecule has 2 aromatic heterocycles. The van der Waals surface area contributed by atoms with Crippen molar-refractivity contribution in [2.75, 3.05) is 0 Å². The van der Waals surface area contributed by atoms with E-state index in [2.05, 4.69) is 5.32 Å². The van der Waals surface area contributed by atoms with Crippen LogP contribution in [0, 0.1) is 17.0 Å². The van der Waals surface area contributed by atoms with E-state index in [4.69, 9.17) is 4.42 Å². The van der Waals surface area contributed by atoms with E-state index in [1.165, 1.54) is 29.0 Å². The molecule has 32 heavy (non-hydrogen) atoms. The lowest BCUT2D eigenvalue weighted by Crippen LogP contribution is -2.41. The van der Waals surface area contributed by atoms with Gasteiger partial charge in [0.2, 0.25) is 5.91 Å². The number of furan rings is 1. The number of carbonyl (C=O) groups is 1. The van der Waals surface area contributed by atoms with Crippen LogP contribution in [0.3, 0.4) is 0 Å². The van der Waals surface area contributed by atoms with Crippen LogP contribution in [0.5, 0.6) is 0 Å². The van der Waals surface area contributed by atoms with E-state index >= 15 is 0 Å². The average Bonchev–Trinajstić information content (AvgIpc) is 3.29. The number of carbonyl (C=O) groups excluding carboxylic acids is 1. The van der Waals surface area contributed by atoms with Crippen LogP contribution in [0.15, 0.2) is 74.9 Å². The molecule has 4 rings (SSSR count). The second kappa shape index (κ2) is 8.34. The highest BCUT2D eigenvalue weighted by atomic mass is 16.6. The normalized spacial score (nSPS) is 10.9. The third-order valence-electron chi connectivity index (χ3n) is 4.94. The molecule has 0 bridgehead atoms. The molecular weight excluding hydrogens is 416 g/mol. The van der Waals surface area contributed by atoms with Gasteiger partial charge in [0.1, 0.15) is 12.3 Å². The Morgan fingerprint density at radius 3 is 2.66 bits per heavy atom. The predicted octanol–water partition coefficient (Wildman–Crippen LogP) is 2.28. The third kappa shape index (κ3) is 3.93. The van der Waals surface area contributed by atoms with Crippen LogP contribution in [0.2, 0.25) is 0 Å². The summed E-state index contributed by atoms with van der Waals surface area (Å²) in [6.45, 7) is 1.58. The highest BCUT2D eigenvalue weighted by Gasteiger charge is 2.18. The van der Waals surface area contributed by atoms with E-state index < -0.39 is 22.1 Å². The fraction of sp³-hybridized carbons (Fsp3) is 0.136. The van der Waals surface area contributed by atoms with Crippen LogP contribution >= 0.6 is 0 Å². The smallest absolute Gasteiger partial charge is 0.336 e. The molecule has 0 radical (unpaired) electrons. The molecule has 0 aliphatic rings. The Hall–Kier alpha value is -4.47. The summed E-state index contributed by atoms with van der Waals surface area (Å²) in [5.74, 6) is 0.0855. The van der Waals surface area contributed by atoms with Crippen LogP contribution in [-0.2, 0) is 17.9 Å². The van der Waals surface area contributed by atoms with Crippen molar-refractivity contribution in [3.05, 3.63) is 103 Å². The number of nitrogens with zero attached hydrogens (tertiary/aromatic N) is 3. The highest BCUT2D eigenvalue weighted by molar-refractivity contribution is 5.82. The van der Waals surface area contributed by atoms with Gasteiger partial charge >= 0.3 is 5.69 Å². The van der Waals surface area contributed by atoms with Crippen molar-refractivity contribution >= 4 is 22.5 Å². The van der Waals surface area contributed by atoms with E-state index in [9.17, 15) is 24.5 Å². The molecule has 4 aromatic rings. The molecule has 0 aliphatic carbocycles. The Morgan fingerprint density at radius 2 is 1.94 bits per heavy atom. The molecule has 2 heterocycles. The monoisotopic (exact) mass is 434 g/mol. The average molecular weight is 434 g/mol. The second-order valence-corrected chi connectivity index (χ2v) is 7.16. The van der Waals surface area contributed by atoms with E-state index in [-0.39, 0.29) is 29.9 Å². The highest BCUT2D eigenvalue weighted by Crippen LogP contribution is 2.17. The lowest BCUT2D eigenvalue weighted by Gasteiger charge is -2.14. The quantitative estimate of drug-likeness (QED) is 0.366. The van der Waals surface area contributed by atoms with Gasteiger partial charge in [-0.25, -0.2) is 9.36 Å². The zero-order valence-corrected chi connectivity index (χ0v) is 17.0. The number of rotatable bonds is 6. The van der Waals surface area contributed by atoms with Crippen molar-refractivity contribution in [1.82, 2.24) is 14.5 Å². The van der Waals surface area contributed by atoms with Gasteiger partial charge in [-0.1, -0.05) is 17.7 Å². The Kier molecular flexibility index (Phi) is 5.42. The van der Waals surface area contributed by atoms with E-state index in [0.717, 1.165) is 16.2 Å².